The van der Waals surface area contributed by atoms with Crippen molar-refractivity contribution in [1.82, 2.24) is 0 Å². The maximum atomic E-state index is 12.4. The van der Waals surface area contributed by atoms with Gasteiger partial charge in [0.05, 0.1) is 18.2 Å². The van der Waals surface area contributed by atoms with Crippen LogP contribution < -0.4 is 10.2 Å². The highest BCUT2D eigenvalue weighted by Gasteiger charge is 2.29. The molecule has 1 amide bonds. The van der Waals surface area contributed by atoms with Crippen LogP contribution in [-0.4, -0.2) is 31.1 Å². The van der Waals surface area contributed by atoms with E-state index in [0.717, 1.165) is 13.0 Å². The van der Waals surface area contributed by atoms with Crippen molar-refractivity contribution in [3.05, 3.63) is 51.7 Å². The number of amides is 1. The van der Waals surface area contributed by atoms with Crippen LogP contribution in [0, 0.1) is 0 Å². The Morgan fingerprint density at radius 2 is 2.00 bits per heavy atom. The fourth-order valence-corrected chi connectivity index (χ4v) is 4.25. The first-order chi connectivity index (χ1) is 12.4. The quantitative estimate of drug-likeness (QED) is 0.792. The van der Waals surface area contributed by atoms with Crippen molar-refractivity contribution in [1.29, 1.82) is 0 Å². The average molecular weight is 373 g/mol. The van der Waals surface area contributed by atoms with E-state index in [1.54, 1.807) is 24.3 Å². The maximum Gasteiger partial charge on any atom is 0.338 e. The summed E-state index contributed by atoms with van der Waals surface area (Å²) in [6, 6.07) is 9.34. The number of hydrogen-bond acceptors (Lipinski definition) is 4. The number of carbonyl (C=O) groups excluding carboxylic acids is 2. The molecule has 0 radical (unpaired) electrons. The molecule has 1 aromatic carbocycles. The summed E-state index contributed by atoms with van der Waals surface area (Å²) in [6.45, 7) is 7.23. The highest BCUT2D eigenvalue weighted by molar-refractivity contribution is 7.10. The number of anilines is 1. The number of carbonyl (C=O) groups is 2. The van der Waals surface area contributed by atoms with Gasteiger partial charge in [-0.25, -0.2) is 4.79 Å². The molecular weight excluding hydrogens is 348 g/mol. The van der Waals surface area contributed by atoms with Crippen molar-refractivity contribution in [2.45, 2.75) is 39.3 Å². The number of rotatable bonds is 5. The Kier molecular flexibility index (Phi) is 5.74. The fraction of sp³-hybridized carbons (Fsp3) is 0.400. The third-order valence-electron chi connectivity index (χ3n) is 4.67. The standard InChI is InChI=1S/C20H24N2O3S/c1-13(2)25-20(24)15-4-6-16(7-5-15)21-19(23)12-22-10-8-18-17(14(22)3)9-11-26-18/h4-7,9,11,13-14H,8,10,12H2,1-3H3,(H,21,23)/p+1/t14-/m1/s1. The van der Waals surface area contributed by atoms with Gasteiger partial charge in [0.2, 0.25) is 0 Å². The van der Waals surface area contributed by atoms with Crippen LogP contribution in [0.2, 0.25) is 0 Å². The molecule has 1 aromatic heterocycles. The number of thiophene rings is 1. The molecule has 0 aliphatic carbocycles. The van der Waals surface area contributed by atoms with E-state index < -0.39 is 0 Å². The predicted octanol–water partition coefficient (Wildman–Crippen LogP) is 2.45. The number of nitrogens with one attached hydrogen (secondary N) is 2. The maximum absolute atomic E-state index is 12.4. The third-order valence-corrected chi connectivity index (χ3v) is 5.66. The monoisotopic (exact) mass is 373 g/mol. The lowest BCUT2D eigenvalue weighted by Gasteiger charge is -2.29. The molecular formula is C20H25N2O3S+. The van der Waals surface area contributed by atoms with Gasteiger partial charge in [-0.3, -0.25) is 4.79 Å². The lowest BCUT2D eigenvalue weighted by atomic mass is 10.0. The molecule has 1 aliphatic rings. The van der Waals surface area contributed by atoms with Crippen molar-refractivity contribution in [3.63, 3.8) is 0 Å². The van der Waals surface area contributed by atoms with E-state index in [1.807, 2.05) is 25.2 Å². The van der Waals surface area contributed by atoms with Crippen molar-refractivity contribution >= 4 is 28.9 Å². The summed E-state index contributed by atoms with van der Waals surface area (Å²) in [7, 11) is 0. The second-order valence-corrected chi connectivity index (χ2v) is 7.94. The van der Waals surface area contributed by atoms with Gasteiger partial charge < -0.3 is 15.0 Å². The van der Waals surface area contributed by atoms with Crippen molar-refractivity contribution < 1.29 is 19.2 Å². The molecule has 1 aliphatic heterocycles. The zero-order valence-electron chi connectivity index (χ0n) is 15.4. The molecule has 0 fully saturated rings. The molecule has 2 N–H and O–H groups in total. The zero-order valence-corrected chi connectivity index (χ0v) is 16.2. The van der Waals surface area contributed by atoms with Crippen LogP contribution in [-0.2, 0) is 16.0 Å². The topological polar surface area (TPSA) is 59.8 Å². The summed E-state index contributed by atoms with van der Waals surface area (Å²) < 4.78 is 5.16. The van der Waals surface area contributed by atoms with E-state index >= 15 is 0 Å². The average Bonchev–Trinajstić information content (AvgIpc) is 3.07. The van der Waals surface area contributed by atoms with Crippen molar-refractivity contribution in [2.75, 3.05) is 18.4 Å². The van der Waals surface area contributed by atoms with E-state index in [9.17, 15) is 9.59 Å². The summed E-state index contributed by atoms with van der Waals surface area (Å²) >= 11 is 1.81. The van der Waals surface area contributed by atoms with Crippen LogP contribution in [0.1, 0.15) is 47.6 Å². The predicted molar refractivity (Wildman–Crippen MR) is 103 cm³/mol. The molecule has 0 saturated heterocycles. The van der Waals surface area contributed by atoms with E-state index in [0.29, 0.717) is 23.8 Å². The number of esters is 1. The van der Waals surface area contributed by atoms with Gasteiger partial charge in [0.1, 0.15) is 6.04 Å². The summed E-state index contributed by atoms with van der Waals surface area (Å²) in [5, 5.41) is 5.06. The Morgan fingerprint density at radius 1 is 1.27 bits per heavy atom. The van der Waals surface area contributed by atoms with Gasteiger partial charge in [0.15, 0.2) is 6.54 Å². The lowest BCUT2D eigenvalue weighted by Crippen LogP contribution is -3.14. The molecule has 1 unspecified atom stereocenters. The van der Waals surface area contributed by atoms with Gasteiger partial charge in [0.25, 0.3) is 5.91 Å². The number of benzene rings is 1. The fourth-order valence-electron chi connectivity index (χ4n) is 3.27. The smallest absolute Gasteiger partial charge is 0.338 e. The Morgan fingerprint density at radius 3 is 2.69 bits per heavy atom. The number of quaternary nitrogens is 1. The van der Waals surface area contributed by atoms with E-state index in [4.69, 9.17) is 4.74 Å². The Hall–Kier alpha value is -2.18. The van der Waals surface area contributed by atoms with Crippen molar-refractivity contribution in [2.24, 2.45) is 0 Å². The number of ether oxygens (including phenoxy) is 1. The van der Waals surface area contributed by atoms with Crippen LogP contribution in [0.3, 0.4) is 0 Å². The van der Waals surface area contributed by atoms with Gasteiger partial charge in [-0.2, -0.15) is 0 Å². The number of hydrogen-bond donors (Lipinski definition) is 2. The summed E-state index contributed by atoms with van der Waals surface area (Å²) in [5.41, 5.74) is 2.55. The largest absolute Gasteiger partial charge is 0.459 e. The third kappa shape index (κ3) is 4.31. The zero-order chi connectivity index (χ0) is 18.7. The summed E-state index contributed by atoms with van der Waals surface area (Å²) in [5.74, 6) is -0.362. The molecule has 3 rings (SSSR count). The summed E-state index contributed by atoms with van der Waals surface area (Å²) in [4.78, 5) is 27.0. The molecule has 2 atom stereocenters. The minimum absolute atomic E-state index is 0.0111. The van der Waals surface area contributed by atoms with Gasteiger partial charge in [-0.15, -0.1) is 11.3 Å². The van der Waals surface area contributed by atoms with Crippen LogP contribution >= 0.6 is 11.3 Å². The minimum Gasteiger partial charge on any atom is -0.459 e. The first-order valence-corrected chi connectivity index (χ1v) is 9.83. The molecule has 2 heterocycles. The minimum atomic E-state index is -0.351. The van der Waals surface area contributed by atoms with Crippen molar-refractivity contribution in [3.8, 4) is 0 Å². The van der Waals surface area contributed by atoms with Gasteiger partial charge in [-0.1, -0.05) is 0 Å². The lowest BCUT2D eigenvalue weighted by molar-refractivity contribution is -0.923. The Labute approximate surface area is 158 Å². The molecule has 5 nitrogen and oxygen atoms in total. The van der Waals surface area contributed by atoms with Crippen LogP contribution in [0.25, 0.3) is 0 Å². The molecule has 0 spiro atoms. The Balaban J connectivity index is 1.56. The first-order valence-electron chi connectivity index (χ1n) is 8.95. The molecule has 6 heteroatoms. The molecule has 2 aromatic rings. The van der Waals surface area contributed by atoms with Gasteiger partial charge >= 0.3 is 5.97 Å². The second kappa shape index (κ2) is 8.01. The van der Waals surface area contributed by atoms with Gasteiger partial charge in [0, 0.05) is 22.5 Å². The van der Waals surface area contributed by atoms with E-state index in [2.05, 4.69) is 23.7 Å². The van der Waals surface area contributed by atoms with E-state index in [-0.39, 0.29) is 18.0 Å². The highest BCUT2D eigenvalue weighted by atomic mass is 32.1. The first kappa shape index (κ1) is 18.6. The normalized spacial score (nSPS) is 19.1. The van der Waals surface area contributed by atoms with Crippen LogP contribution in [0.4, 0.5) is 5.69 Å². The van der Waals surface area contributed by atoms with Crippen LogP contribution in [0.5, 0.6) is 0 Å². The SMILES string of the molecule is CC(C)OC(=O)c1ccc(NC(=O)C[NH+]2CCc3sccc3[C@H]2C)cc1. The second-order valence-electron chi connectivity index (χ2n) is 6.94. The van der Waals surface area contributed by atoms with Crippen LogP contribution in [0.15, 0.2) is 35.7 Å². The highest BCUT2D eigenvalue weighted by Crippen LogP contribution is 2.24. The van der Waals surface area contributed by atoms with Gasteiger partial charge in [-0.05, 0) is 56.5 Å². The molecule has 26 heavy (non-hydrogen) atoms. The molecule has 0 saturated carbocycles. The number of fused-ring (bicyclic) bond motifs is 1. The molecule has 0 bridgehead atoms. The molecule has 138 valence electrons. The summed E-state index contributed by atoms with van der Waals surface area (Å²) in [6.07, 6.45) is 0.882. The van der Waals surface area contributed by atoms with E-state index in [1.165, 1.54) is 15.3 Å². The Bertz CT molecular complexity index is 783.